The van der Waals surface area contributed by atoms with E-state index < -0.39 is 10.0 Å². The topological polar surface area (TPSA) is 88.2 Å². The minimum atomic E-state index is -3.74. The molecule has 0 atom stereocenters. The smallest absolute Gasteiger partial charge is 0.261 e. The van der Waals surface area contributed by atoms with Crippen molar-refractivity contribution >= 4 is 21.6 Å². The van der Waals surface area contributed by atoms with Gasteiger partial charge in [0.25, 0.3) is 15.9 Å². The lowest BCUT2D eigenvalue weighted by Gasteiger charge is -2.12. The van der Waals surface area contributed by atoms with Crippen molar-refractivity contribution in [1.29, 1.82) is 0 Å². The highest BCUT2D eigenvalue weighted by Crippen LogP contribution is 2.21. The summed E-state index contributed by atoms with van der Waals surface area (Å²) >= 11 is 0. The van der Waals surface area contributed by atoms with Gasteiger partial charge in [0.15, 0.2) is 0 Å². The molecule has 0 radical (unpaired) electrons. The molecule has 1 aromatic heterocycles. The lowest BCUT2D eigenvalue weighted by Crippen LogP contribution is -2.23. The molecule has 0 aliphatic heterocycles. The van der Waals surface area contributed by atoms with Gasteiger partial charge in [-0.3, -0.25) is 14.5 Å². The number of hydrogen-bond donors (Lipinski definition) is 2. The first-order valence-corrected chi connectivity index (χ1v) is 10.2. The Labute approximate surface area is 164 Å². The molecule has 0 bridgehead atoms. The van der Waals surface area contributed by atoms with Crippen molar-refractivity contribution < 1.29 is 13.2 Å². The van der Waals surface area contributed by atoms with Crippen LogP contribution < -0.4 is 10.0 Å². The standard InChI is InChI=1S/C21H21N3O3S/c1-15-5-10-20(16(2)12-15)24-28(26,27)19-8-6-18(7-9-19)21(25)23-14-17-4-3-11-22-13-17/h3-13,24H,14H2,1-2H3,(H,23,25). The average molecular weight is 395 g/mol. The Hall–Kier alpha value is -3.19. The van der Waals surface area contributed by atoms with Crippen LogP contribution >= 0.6 is 0 Å². The summed E-state index contributed by atoms with van der Waals surface area (Å²) in [4.78, 5) is 16.3. The van der Waals surface area contributed by atoms with Gasteiger partial charge in [-0.25, -0.2) is 8.42 Å². The highest BCUT2D eigenvalue weighted by atomic mass is 32.2. The molecule has 1 heterocycles. The van der Waals surface area contributed by atoms with Crippen LogP contribution in [0.4, 0.5) is 5.69 Å². The molecule has 0 saturated carbocycles. The Morgan fingerprint density at radius 2 is 1.79 bits per heavy atom. The zero-order chi connectivity index (χ0) is 20.1. The van der Waals surface area contributed by atoms with Crippen LogP contribution in [-0.2, 0) is 16.6 Å². The van der Waals surface area contributed by atoms with E-state index in [1.54, 1.807) is 24.5 Å². The Bertz CT molecular complexity index is 1080. The maximum atomic E-state index is 12.6. The molecule has 7 heteroatoms. The van der Waals surface area contributed by atoms with Crippen LogP contribution in [0, 0.1) is 13.8 Å². The number of nitrogens with zero attached hydrogens (tertiary/aromatic N) is 1. The molecule has 3 aromatic rings. The second-order valence-corrected chi connectivity index (χ2v) is 8.17. The summed E-state index contributed by atoms with van der Waals surface area (Å²) in [6.07, 6.45) is 3.34. The van der Waals surface area contributed by atoms with Crippen molar-refractivity contribution in [3.63, 3.8) is 0 Å². The third-order valence-corrected chi connectivity index (χ3v) is 5.61. The van der Waals surface area contributed by atoms with Gasteiger partial charge >= 0.3 is 0 Å². The molecular formula is C21H21N3O3S. The van der Waals surface area contributed by atoms with Gasteiger partial charge in [-0.1, -0.05) is 23.8 Å². The van der Waals surface area contributed by atoms with Gasteiger partial charge in [0.2, 0.25) is 0 Å². The molecule has 28 heavy (non-hydrogen) atoms. The fourth-order valence-corrected chi connectivity index (χ4v) is 3.84. The number of hydrogen-bond acceptors (Lipinski definition) is 4. The van der Waals surface area contributed by atoms with E-state index >= 15 is 0 Å². The molecule has 0 saturated heterocycles. The molecule has 6 nitrogen and oxygen atoms in total. The predicted molar refractivity (Wildman–Crippen MR) is 109 cm³/mol. The maximum absolute atomic E-state index is 12.6. The van der Waals surface area contributed by atoms with E-state index in [2.05, 4.69) is 15.0 Å². The normalized spacial score (nSPS) is 11.1. The van der Waals surface area contributed by atoms with E-state index in [0.29, 0.717) is 17.8 Å². The predicted octanol–water partition coefficient (Wildman–Crippen LogP) is 3.43. The van der Waals surface area contributed by atoms with Crippen LogP contribution in [0.3, 0.4) is 0 Å². The summed E-state index contributed by atoms with van der Waals surface area (Å²) < 4.78 is 27.8. The summed E-state index contributed by atoms with van der Waals surface area (Å²) in [5.74, 6) is -0.282. The number of aromatic nitrogens is 1. The number of carbonyl (C=O) groups excluding carboxylic acids is 1. The van der Waals surface area contributed by atoms with Gasteiger partial charge in [-0.05, 0) is 61.4 Å². The number of nitrogens with one attached hydrogen (secondary N) is 2. The van der Waals surface area contributed by atoms with Crippen molar-refractivity contribution in [2.45, 2.75) is 25.3 Å². The third kappa shape index (κ3) is 4.75. The van der Waals surface area contributed by atoms with Crippen molar-refractivity contribution in [1.82, 2.24) is 10.3 Å². The van der Waals surface area contributed by atoms with E-state index in [9.17, 15) is 13.2 Å². The van der Waals surface area contributed by atoms with Gasteiger partial charge in [0.1, 0.15) is 0 Å². The number of benzene rings is 2. The SMILES string of the molecule is Cc1ccc(NS(=O)(=O)c2ccc(C(=O)NCc3cccnc3)cc2)c(C)c1. The lowest BCUT2D eigenvalue weighted by molar-refractivity contribution is 0.0951. The van der Waals surface area contributed by atoms with Gasteiger partial charge in [0.05, 0.1) is 10.6 Å². The molecule has 144 valence electrons. The number of carbonyl (C=O) groups is 1. The molecular weight excluding hydrogens is 374 g/mol. The van der Waals surface area contributed by atoms with Crippen molar-refractivity contribution in [2.24, 2.45) is 0 Å². The Morgan fingerprint density at radius 1 is 1.04 bits per heavy atom. The minimum Gasteiger partial charge on any atom is -0.348 e. The molecule has 2 aromatic carbocycles. The van der Waals surface area contributed by atoms with Crippen LogP contribution in [-0.4, -0.2) is 19.3 Å². The molecule has 3 rings (SSSR count). The molecule has 0 aliphatic rings. The fraction of sp³-hybridized carbons (Fsp3) is 0.143. The van der Waals surface area contributed by atoms with Gasteiger partial charge < -0.3 is 5.32 Å². The first-order chi connectivity index (χ1) is 13.3. The second-order valence-electron chi connectivity index (χ2n) is 6.49. The Morgan fingerprint density at radius 3 is 2.43 bits per heavy atom. The molecule has 0 fully saturated rings. The summed E-state index contributed by atoms with van der Waals surface area (Å²) in [6, 6.07) is 15.0. The van der Waals surface area contributed by atoms with Crippen molar-refractivity contribution in [3.8, 4) is 0 Å². The highest BCUT2D eigenvalue weighted by molar-refractivity contribution is 7.92. The number of pyridine rings is 1. The van der Waals surface area contributed by atoms with Gasteiger partial charge in [-0.2, -0.15) is 0 Å². The minimum absolute atomic E-state index is 0.0938. The van der Waals surface area contributed by atoms with Crippen LogP contribution in [0.5, 0.6) is 0 Å². The summed E-state index contributed by atoms with van der Waals surface area (Å²) in [6.45, 7) is 4.14. The number of aryl methyl sites for hydroxylation is 2. The van der Waals surface area contributed by atoms with Crippen LogP contribution in [0.15, 0.2) is 71.9 Å². The monoisotopic (exact) mass is 395 g/mol. The molecule has 2 N–H and O–H groups in total. The summed E-state index contributed by atoms with van der Waals surface area (Å²) in [5, 5.41) is 2.78. The van der Waals surface area contributed by atoms with E-state index in [-0.39, 0.29) is 10.8 Å². The van der Waals surface area contributed by atoms with Crippen LogP contribution in [0.1, 0.15) is 27.0 Å². The maximum Gasteiger partial charge on any atom is 0.261 e. The van der Waals surface area contributed by atoms with Crippen LogP contribution in [0.2, 0.25) is 0 Å². The Balaban J connectivity index is 1.69. The van der Waals surface area contributed by atoms with Crippen LogP contribution in [0.25, 0.3) is 0 Å². The number of rotatable bonds is 6. The van der Waals surface area contributed by atoms with Crippen molar-refractivity contribution in [2.75, 3.05) is 4.72 Å². The third-order valence-electron chi connectivity index (χ3n) is 4.23. The molecule has 0 spiro atoms. The van der Waals surface area contributed by atoms with E-state index in [1.165, 1.54) is 24.3 Å². The zero-order valence-corrected chi connectivity index (χ0v) is 16.5. The fourth-order valence-electron chi connectivity index (χ4n) is 2.70. The molecule has 1 amide bonds. The average Bonchev–Trinajstić information content (AvgIpc) is 2.69. The first kappa shape index (κ1) is 19.6. The summed E-state index contributed by atoms with van der Waals surface area (Å²) in [7, 11) is -3.74. The van der Waals surface area contributed by atoms with E-state index in [1.807, 2.05) is 32.0 Å². The second kappa shape index (κ2) is 8.22. The quantitative estimate of drug-likeness (QED) is 0.669. The van der Waals surface area contributed by atoms with Gasteiger partial charge in [0, 0.05) is 24.5 Å². The molecule has 0 aliphatic carbocycles. The van der Waals surface area contributed by atoms with E-state index in [0.717, 1.165) is 16.7 Å². The largest absolute Gasteiger partial charge is 0.348 e. The van der Waals surface area contributed by atoms with Gasteiger partial charge in [-0.15, -0.1) is 0 Å². The first-order valence-electron chi connectivity index (χ1n) is 8.72. The summed E-state index contributed by atoms with van der Waals surface area (Å²) in [5.41, 5.74) is 3.70. The Kier molecular flexibility index (Phi) is 5.75. The highest BCUT2D eigenvalue weighted by Gasteiger charge is 2.16. The molecule has 0 unspecified atom stereocenters. The number of amides is 1. The number of sulfonamides is 1. The van der Waals surface area contributed by atoms with Crippen molar-refractivity contribution in [3.05, 3.63) is 89.2 Å². The van der Waals surface area contributed by atoms with E-state index in [4.69, 9.17) is 0 Å². The number of anilines is 1. The zero-order valence-electron chi connectivity index (χ0n) is 15.6. The lowest BCUT2D eigenvalue weighted by atomic mass is 10.1.